The van der Waals surface area contributed by atoms with Crippen LogP contribution in [0.2, 0.25) is 0 Å². The summed E-state index contributed by atoms with van der Waals surface area (Å²) >= 11 is 0. The smallest absolute Gasteiger partial charge is 0.248 e. The second-order valence-electron chi connectivity index (χ2n) is 6.43. The molecule has 2 amide bonds. The van der Waals surface area contributed by atoms with Crippen molar-refractivity contribution in [1.29, 1.82) is 0 Å². The first-order valence-corrected chi connectivity index (χ1v) is 8.32. The van der Waals surface area contributed by atoms with Gasteiger partial charge in [-0.3, -0.25) is 9.59 Å². The van der Waals surface area contributed by atoms with Crippen LogP contribution in [0.4, 0.5) is 0 Å². The van der Waals surface area contributed by atoms with Gasteiger partial charge in [-0.25, -0.2) is 0 Å². The SMILES string of the molecule is NCCC1(c2nn[nH]n2)c2ccc(C(N)=O)cc2-c2cc(C(N)=O)ccc21. The summed E-state index contributed by atoms with van der Waals surface area (Å²) in [6.07, 6.45) is 0.512. The van der Waals surface area contributed by atoms with E-state index in [1.807, 2.05) is 12.1 Å². The van der Waals surface area contributed by atoms with Gasteiger partial charge in [0.15, 0.2) is 5.82 Å². The molecule has 0 atom stereocenters. The molecule has 0 spiro atoms. The van der Waals surface area contributed by atoms with Crippen LogP contribution in [0.15, 0.2) is 36.4 Å². The van der Waals surface area contributed by atoms with E-state index in [1.165, 1.54) is 0 Å². The number of hydrogen-bond donors (Lipinski definition) is 4. The number of nitrogens with two attached hydrogens (primary N) is 3. The van der Waals surface area contributed by atoms with Gasteiger partial charge in [0.25, 0.3) is 0 Å². The maximum Gasteiger partial charge on any atom is 0.248 e. The first kappa shape index (κ1) is 16.9. The van der Waals surface area contributed by atoms with E-state index in [1.54, 1.807) is 24.3 Å². The molecule has 0 radical (unpaired) electrons. The van der Waals surface area contributed by atoms with E-state index in [4.69, 9.17) is 17.2 Å². The number of aromatic amines is 1. The van der Waals surface area contributed by atoms with Gasteiger partial charge in [0, 0.05) is 11.1 Å². The van der Waals surface area contributed by atoms with Crippen molar-refractivity contribution in [2.24, 2.45) is 17.2 Å². The summed E-state index contributed by atoms with van der Waals surface area (Å²) < 4.78 is 0. The fourth-order valence-electron chi connectivity index (χ4n) is 3.91. The molecule has 1 aliphatic rings. The lowest BCUT2D eigenvalue weighted by Crippen LogP contribution is -2.31. The van der Waals surface area contributed by atoms with Crippen LogP contribution in [0.25, 0.3) is 11.1 Å². The molecule has 0 saturated heterocycles. The summed E-state index contributed by atoms with van der Waals surface area (Å²) in [5, 5.41) is 14.6. The maximum atomic E-state index is 11.7. The number of carbonyl (C=O) groups excluding carboxylic acids is 2. The molecule has 1 aliphatic carbocycles. The van der Waals surface area contributed by atoms with Gasteiger partial charge < -0.3 is 17.2 Å². The van der Waals surface area contributed by atoms with Gasteiger partial charge >= 0.3 is 0 Å². The highest BCUT2D eigenvalue weighted by Gasteiger charge is 2.47. The second-order valence-corrected chi connectivity index (χ2v) is 6.43. The van der Waals surface area contributed by atoms with Crippen molar-refractivity contribution in [2.75, 3.05) is 6.54 Å². The average Bonchev–Trinajstić information content (AvgIpc) is 3.28. The van der Waals surface area contributed by atoms with Crippen LogP contribution in [0.1, 0.15) is 44.1 Å². The lowest BCUT2D eigenvalue weighted by Gasteiger charge is -2.28. The Labute approximate surface area is 153 Å². The minimum Gasteiger partial charge on any atom is -0.366 e. The number of hydrogen-bond acceptors (Lipinski definition) is 6. The van der Waals surface area contributed by atoms with Crippen LogP contribution in [-0.4, -0.2) is 39.0 Å². The Bertz CT molecular complexity index is 996. The Kier molecular flexibility index (Phi) is 3.74. The number of nitrogens with zero attached hydrogens (tertiary/aromatic N) is 3. The fraction of sp³-hybridized carbons (Fsp3) is 0.167. The van der Waals surface area contributed by atoms with Crippen LogP contribution in [0.5, 0.6) is 0 Å². The normalized spacial score (nSPS) is 13.8. The molecule has 3 aromatic rings. The molecule has 136 valence electrons. The average molecular weight is 363 g/mol. The highest BCUT2D eigenvalue weighted by Crippen LogP contribution is 2.53. The Hall–Kier alpha value is -3.59. The first-order valence-electron chi connectivity index (χ1n) is 8.32. The van der Waals surface area contributed by atoms with Crippen LogP contribution in [0, 0.1) is 0 Å². The van der Waals surface area contributed by atoms with E-state index < -0.39 is 17.2 Å². The topological polar surface area (TPSA) is 167 Å². The summed E-state index contributed by atoms with van der Waals surface area (Å²) in [6, 6.07) is 10.4. The van der Waals surface area contributed by atoms with E-state index >= 15 is 0 Å². The predicted molar refractivity (Wildman–Crippen MR) is 96.6 cm³/mol. The van der Waals surface area contributed by atoms with Gasteiger partial charge in [0.1, 0.15) is 0 Å². The number of amides is 2. The van der Waals surface area contributed by atoms with Crippen LogP contribution < -0.4 is 17.2 Å². The number of tetrazole rings is 1. The van der Waals surface area contributed by atoms with E-state index in [0.29, 0.717) is 29.9 Å². The quantitative estimate of drug-likeness (QED) is 0.500. The monoisotopic (exact) mass is 363 g/mol. The van der Waals surface area contributed by atoms with Crippen molar-refractivity contribution in [1.82, 2.24) is 20.6 Å². The van der Waals surface area contributed by atoms with Crippen molar-refractivity contribution < 1.29 is 9.59 Å². The van der Waals surface area contributed by atoms with Gasteiger partial charge in [0.05, 0.1) is 5.41 Å². The van der Waals surface area contributed by atoms with Crippen LogP contribution in [-0.2, 0) is 5.41 Å². The largest absolute Gasteiger partial charge is 0.366 e. The lowest BCUT2D eigenvalue weighted by atomic mass is 9.74. The van der Waals surface area contributed by atoms with E-state index in [-0.39, 0.29) is 0 Å². The molecule has 9 heteroatoms. The summed E-state index contributed by atoms with van der Waals surface area (Å²) in [6.45, 7) is 0.364. The molecule has 1 heterocycles. The lowest BCUT2D eigenvalue weighted by molar-refractivity contribution is 0.0991. The molecule has 0 saturated carbocycles. The van der Waals surface area contributed by atoms with Crippen LogP contribution >= 0.6 is 0 Å². The highest BCUT2D eigenvalue weighted by atomic mass is 16.1. The second kappa shape index (κ2) is 5.99. The number of nitrogens with one attached hydrogen (secondary N) is 1. The van der Waals surface area contributed by atoms with Gasteiger partial charge in [-0.05, 0) is 59.5 Å². The molecule has 0 unspecified atom stereocenters. The zero-order valence-corrected chi connectivity index (χ0v) is 14.3. The Balaban J connectivity index is 2.09. The van der Waals surface area contributed by atoms with Gasteiger partial charge in [-0.2, -0.15) is 5.21 Å². The Morgan fingerprint density at radius 3 is 1.93 bits per heavy atom. The number of fused-ring (bicyclic) bond motifs is 3. The Morgan fingerprint density at radius 1 is 0.963 bits per heavy atom. The summed E-state index contributed by atoms with van der Waals surface area (Å²) in [4.78, 5) is 23.4. The molecule has 0 fully saturated rings. The molecule has 7 N–H and O–H groups in total. The third kappa shape index (κ3) is 2.32. The zero-order valence-electron chi connectivity index (χ0n) is 14.3. The maximum absolute atomic E-state index is 11.7. The third-order valence-corrected chi connectivity index (χ3v) is 5.06. The molecule has 1 aromatic heterocycles. The van der Waals surface area contributed by atoms with Crippen molar-refractivity contribution in [3.8, 4) is 11.1 Å². The van der Waals surface area contributed by atoms with Gasteiger partial charge in [-0.15, -0.1) is 10.2 Å². The summed E-state index contributed by atoms with van der Waals surface area (Å²) in [5.41, 5.74) is 20.1. The number of aromatic nitrogens is 4. The summed E-state index contributed by atoms with van der Waals surface area (Å²) in [7, 11) is 0. The third-order valence-electron chi connectivity index (χ3n) is 5.06. The minimum atomic E-state index is -0.751. The predicted octanol–water partition coefficient (Wildman–Crippen LogP) is 0.0611. The van der Waals surface area contributed by atoms with Crippen molar-refractivity contribution in [2.45, 2.75) is 11.8 Å². The number of rotatable bonds is 5. The van der Waals surface area contributed by atoms with Gasteiger partial charge in [0.2, 0.25) is 11.8 Å². The van der Waals surface area contributed by atoms with Crippen molar-refractivity contribution >= 4 is 11.8 Å². The fourth-order valence-corrected chi connectivity index (χ4v) is 3.91. The van der Waals surface area contributed by atoms with E-state index in [2.05, 4.69) is 20.6 Å². The minimum absolute atomic E-state index is 0.362. The highest BCUT2D eigenvalue weighted by molar-refractivity contribution is 5.98. The molecule has 2 aromatic carbocycles. The van der Waals surface area contributed by atoms with E-state index in [9.17, 15) is 9.59 Å². The number of primary amides is 2. The molecule has 27 heavy (non-hydrogen) atoms. The molecule has 0 aliphatic heterocycles. The number of carbonyl (C=O) groups is 2. The van der Waals surface area contributed by atoms with Crippen molar-refractivity contribution in [3.63, 3.8) is 0 Å². The molecule has 9 nitrogen and oxygen atoms in total. The molecular weight excluding hydrogens is 346 g/mol. The number of benzene rings is 2. The number of H-pyrrole nitrogens is 1. The van der Waals surface area contributed by atoms with Gasteiger partial charge in [-0.1, -0.05) is 17.3 Å². The summed E-state index contributed by atoms with van der Waals surface area (Å²) in [5.74, 6) is -0.616. The Morgan fingerprint density at radius 2 is 1.52 bits per heavy atom. The zero-order chi connectivity index (χ0) is 19.2. The van der Waals surface area contributed by atoms with E-state index in [0.717, 1.165) is 22.3 Å². The first-order chi connectivity index (χ1) is 13.0. The molecule has 4 rings (SSSR count). The van der Waals surface area contributed by atoms with Crippen LogP contribution in [0.3, 0.4) is 0 Å². The molecule has 0 bridgehead atoms. The van der Waals surface area contributed by atoms with Crippen molar-refractivity contribution in [3.05, 3.63) is 64.5 Å². The molecular formula is C18H17N7O2. The standard InChI is InChI=1S/C18H17N7O2/c19-6-5-18(17-22-24-25-23-17)13-3-1-9(15(20)26)7-11(13)12-8-10(16(21)27)2-4-14(12)18/h1-4,7-8H,5-6,19H2,(H2,20,26)(H2,21,27)(H,22,23,24,25).